The summed E-state index contributed by atoms with van der Waals surface area (Å²) in [6, 6.07) is 3.89. The number of halogens is 3. The number of hydrogen-bond acceptors (Lipinski definition) is 6. The fourth-order valence-corrected chi connectivity index (χ4v) is 5.04. The second-order valence-electron chi connectivity index (χ2n) is 9.71. The molecule has 1 aromatic carbocycles. The van der Waals surface area contributed by atoms with E-state index in [0.29, 0.717) is 30.9 Å². The van der Waals surface area contributed by atoms with Gasteiger partial charge >= 0.3 is 6.03 Å². The van der Waals surface area contributed by atoms with Crippen molar-refractivity contribution >= 4 is 12.2 Å². The van der Waals surface area contributed by atoms with E-state index in [1.54, 1.807) is 6.07 Å². The maximum Gasteiger partial charge on any atom is 0.341 e. The lowest BCUT2D eigenvalue weighted by atomic mass is 10.0. The molecule has 3 aliphatic rings. The van der Waals surface area contributed by atoms with Crippen LogP contribution in [0.1, 0.15) is 35.5 Å². The van der Waals surface area contributed by atoms with Crippen LogP contribution in [0.15, 0.2) is 35.6 Å². The number of carbonyl (C=O) groups excluding carboxylic acids is 1. The van der Waals surface area contributed by atoms with Crippen LogP contribution in [0.3, 0.4) is 0 Å². The molecular formula is C26H25F3N6O3. The molecule has 9 nitrogen and oxygen atoms in total. The fraction of sp³-hybridized carbons (Fsp3) is 0.385. The van der Waals surface area contributed by atoms with Crippen LogP contribution in [0.5, 0.6) is 5.75 Å². The van der Waals surface area contributed by atoms with Crippen LogP contribution < -0.4 is 4.74 Å². The molecule has 6 rings (SSSR count). The molecule has 1 atom stereocenters. The summed E-state index contributed by atoms with van der Waals surface area (Å²) < 4.78 is 55.1. The van der Waals surface area contributed by atoms with Crippen molar-refractivity contribution in [3.8, 4) is 17.0 Å². The zero-order chi connectivity index (χ0) is 26.6. The van der Waals surface area contributed by atoms with Crippen LogP contribution in [-0.2, 0) is 4.74 Å². The predicted molar refractivity (Wildman–Crippen MR) is 130 cm³/mol. The second kappa shape index (κ2) is 9.43. The first-order chi connectivity index (χ1) is 18.3. The molecule has 0 aliphatic carbocycles. The Labute approximate surface area is 216 Å². The highest BCUT2D eigenvalue weighted by molar-refractivity contribution is 5.79. The number of pyridine rings is 1. The van der Waals surface area contributed by atoms with E-state index in [2.05, 4.69) is 15.2 Å². The number of nitrogens with zero attached hydrogens (tertiary/aromatic N) is 6. The van der Waals surface area contributed by atoms with Crippen molar-refractivity contribution in [3.05, 3.63) is 64.9 Å². The number of aromatic nitrogens is 3. The summed E-state index contributed by atoms with van der Waals surface area (Å²) in [7, 11) is 0. The molecule has 0 bridgehead atoms. The van der Waals surface area contributed by atoms with Crippen molar-refractivity contribution in [2.75, 3.05) is 26.3 Å². The lowest BCUT2D eigenvalue weighted by molar-refractivity contribution is -0.0295. The number of amides is 2. The van der Waals surface area contributed by atoms with E-state index < -0.39 is 35.6 Å². The molecule has 2 saturated heterocycles. The van der Waals surface area contributed by atoms with Crippen LogP contribution in [-0.4, -0.2) is 69.3 Å². The summed E-state index contributed by atoms with van der Waals surface area (Å²) in [5, 5.41) is 9.94. The summed E-state index contributed by atoms with van der Waals surface area (Å²) >= 11 is 0. The molecule has 0 unspecified atom stereocenters. The number of likely N-dealkylation sites (tertiary alicyclic amines) is 1. The maximum atomic E-state index is 14.6. The summed E-state index contributed by atoms with van der Waals surface area (Å²) in [5.74, 6) is -2.00. The summed E-state index contributed by atoms with van der Waals surface area (Å²) in [4.78, 5) is 18.8. The summed E-state index contributed by atoms with van der Waals surface area (Å²) in [6.07, 6.45) is 2.57. The highest BCUT2D eigenvalue weighted by Crippen LogP contribution is 2.34. The topological polar surface area (TPSA) is 85.1 Å². The zero-order valence-corrected chi connectivity index (χ0v) is 20.8. The number of hydrogen-bond donors (Lipinski definition) is 0. The van der Waals surface area contributed by atoms with Gasteiger partial charge in [0, 0.05) is 36.0 Å². The van der Waals surface area contributed by atoms with E-state index in [0.717, 1.165) is 29.2 Å². The van der Waals surface area contributed by atoms with Gasteiger partial charge in [-0.2, -0.15) is 10.2 Å². The van der Waals surface area contributed by atoms with E-state index in [1.165, 1.54) is 28.3 Å². The fourth-order valence-electron chi connectivity index (χ4n) is 5.04. The van der Waals surface area contributed by atoms with Gasteiger partial charge in [-0.15, -0.1) is 0 Å². The van der Waals surface area contributed by atoms with Gasteiger partial charge in [0.25, 0.3) is 0 Å². The Morgan fingerprint density at radius 3 is 2.50 bits per heavy atom. The predicted octanol–water partition coefficient (Wildman–Crippen LogP) is 4.17. The third-order valence-electron chi connectivity index (χ3n) is 7.08. The minimum Gasteiger partial charge on any atom is -0.483 e. The molecule has 12 heteroatoms. The Bertz CT molecular complexity index is 1410. The first-order valence-electron chi connectivity index (χ1n) is 12.3. The van der Waals surface area contributed by atoms with E-state index in [-0.39, 0.29) is 24.9 Å². The van der Waals surface area contributed by atoms with Crippen molar-refractivity contribution < 1.29 is 27.4 Å². The van der Waals surface area contributed by atoms with Crippen LogP contribution >= 0.6 is 0 Å². The van der Waals surface area contributed by atoms with E-state index in [1.807, 2.05) is 18.5 Å². The number of carbonyl (C=O) groups is 1. The van der Waals surface area contributed by atoms with Gasteiger partial charge in [0.1, 0.15) is 17.7 Å². The van der Waals surface area contributed by atoms with Crippen LogP contribution in [0.4, 0.5) is 18.0 Å². The third kappa shape index (κ3) is 4.28. The average molecular weight is 527 g/mol. The quantitative estimate of drug-likeness (QED) is 0.499. The Hall–Kier alpha value is -3.93. The van der Waals surface area contributed by atoms with Gasteiger partial charge in [0.05, 0.1) is 56.0 Å². The van der Waals surface area contributed by atoms with Crippen molar-refractivity contribution in [1.82, 2.24) is 24.7 Å². The Morgan fingerprint density at radius 2 is 1.82 bits per heavy atom. The highest BCUT2D eigenvalue weighted by atomic mass is 19.1. The van der Waals surface area contributed by atoms with Crippen LogP contribution in [0, 0.1) is 31.3 Å². The summed E-state index contributed by atoms with van der Waals surface area (Å²) in [5.41, 5.74) is 3.39. The number of rotatable bonds is 5. The van der Waals surface area contributed by atoms with E-state index in [4.69, 9.17) is 9.47 Å². The first kappa shape index (κ1) is 24.4. The first-order valence-corrected chi connectivity index (χ1v) is 12.3. The minimum atomic E-state index is -0.717. The van der Waals surface area contributed by atoms with Crippen molar-refractivity contribution in [3.63, 3.8) is 0 Å². The van der Waals surface area contributed by atoms with Gasteiger partial charge in [-0.3, -0.25) is 9.67 Å². The molecule has 198 valence electrons. The lowest BCUT2D eigenvalue weighted by Gasteiger charge is -2.41. The van der Waals surface area contributed by atoms with Crippen molar-refractivity contribution in [1.29, 1.82) is 0 Å². The van der Waals surface area contributed by atoms with Gasteiger partial charge in [0.2, 0.25) is 0 Å². The van der Waals surface area contributed by atoms with Gasteiger partial charge in [-0.05, 0) is 31.5 Å². The average Bonchev–Trinajstić information content (AvgIpc) is 3.40. The number of benzene rings is 1. The minimum absolute atomic E-state index is 0.0398. The zero-order valence-electron chi connectivity index (χ0n) is 20.8. The maximum absolute atomic E-state index is 14.6. The molecule has 0 N–H and O–H groups in total. The van der Waals surface area contributed by atoms with E-state index >= 15 is 0 Å². The second-order valence-corrected chi connectivity index (χ2v) is 9.71. The molecule has 3 aliphatic heterocycles. The van der Waals surface area contributed by atoms with E-state index in [9.17, 15) is 18.0 Å². The van der Waals surface area contributed by atoms with Gasteiger partial charge in [-0.25, -0.2) is 23.0 Å². The van der Waals surface area contributed by atoms with Crippen molar-refractivity contribution in [2.24, 2.45) is 5.10 Å². The smallest absolute Gasteiger partial charge is 0.341 e. The largest absolute Gasteiger partial charge is 0.483 e. The Balaban J connectivity index is 1.13. The number of ether oxygens (including phenoxy) is 2. The molecule has 38 heavy (non-hydrogen) atoms. The number of hydrazone groups is 1. The SMILES string of the molecule is Cc1nn(C2COC2)c(C)c1-c1cc(OC2CN(C(=O)N3N=CC[C@H]3c3cc(F)cc(F)c3)C2)c(F)cn1. The standard InChI is InChI=1S/C26H25F3N6O3/c1-14-25(15(2)34(32-14)19-12-37-13-19)22-8-24(21(29)9-30-22)38-20-10-33(11-20)26(36)35-23(3-4-31-35)16-5-17(27)7-18(28)6-16/h4-9,19-20,23H,3,10-13H2,1-2H3/t23-/m0/s1. The molecule has 0 saturated carbocycles. The molecule has 0 spiro atoms. The monoisotopic (exact) mass is 526 g/mol. The molecule has 0 radical (unpaired) electrons. The molecular weight excluding hydrogens is 501 g/mol. The van der Waals surface area contributed by atoms with Crippen LogP contribution in [0.2, 0.25) is 0 Å². The molecule has 3 aromatic rings. The molecule has 2 amide bonds. The Morgan fingerprint density at radius 1 is 1.08 bits per heavy atom. The lowest BCUT2D eigenvalue weighted by Crippen LogP contribution is -2.58. The van der Waals surface area contributed by atoms with Gasteiger partial charge < -0.3 is 14.4 Å². The number of urea groups is 1. The highest BCUT2D eigenvalue weighted by Gasteiger charge is 2.39. The number of aryl methyl sites for hydroxylation is 1. The molecule has 2 fully saturated rings. The van der Waals surface area contributed by atoms with Crippen molar-refractivity contribution in [2.45, 2.75) is 38.5 Å². The molecule has 5 heterocycles. The molecule has 2 aromatic heterocycles. The third-order valence-corrected chi connectivity index (χ3v) is 7.08. The van der Waals surface area contributed by atoms with Gasteiger partial charge in [-0.1, -0.05) is 0 Å². The van der Waals surface area contributed by atoms with Crippen LogP contribution in [0.25, 0.3) is 11.3 Å². The van der Waals surface area contributed by atoms with Gasteiger partial charge in [0.15, 0.2) is 11.6 Å². The normalized spacial score (nSPS) is 19.6. The Kier molecular flexibility index (Phi) is 6.05. The summed E-state index contributed by atoms with van der Waals surface area (Å²) in [6.45, 7) is 5.46.